The van der Waals surface area contributed by atoms with Gasteiger partial charge in [0.2, 0.25) is 0 Å². The van der Waals surface area contributed by atoms with Gasteiger partial charge in [-0.3, -0.25) is 0 Å². The minimum absolute atomic E-state index is 0.549. The molecule has 0 aromatic carbocycles. The topological polar surface area (TPSA) is 67.6 Å². The number of hydrogen-bond donors (Lipinski definition) is 1. The van der Waals surface area contributed by atoms with E-state index in [-0.39, 0.29) is 0 Å². The van der Waals surface area contributed by atoms with Crippen molar-refractivity contribution < 1.29 is 4.74 Å². The van der Waals surface area contributed by atoms with Crippen LogP contribution in [-0.2, 0) is 4.74 Å². The average molecular weight is 288 g/mol. The molecule has 0 radical (unpaired) electrons. The summed E-state index contributed by atoms with van der Waals surface area (Å²) in [6, 6.07) is 4.55. The molecule has 0 spiro atoms. The van der Waals surface area contributed by atoms with Crippen LogP contribution in [-0.4, -0.2) is 58.7 Å². The zero-order chi connectivity index (χ0) is 14.2. The van der Waals surface area contributed by atoms with Gasteiger partial charge >= 0.3 is 0 Å². The Balaban J connectivity index is 1.34. The molecule has 1 atom stereocenters. The lowest BCUT2D eigenvalue weighted by molar-refractivity contribution is 0.188. The molecule has 0 amide bonds. The van der Waals surface area contributed by atoms with Crippen molar-refractivity contribution in [3.05, 3.63) is 18.0 Å². The third kappa shape index (κ3) is 2.47. The average Bonchev–Trinajstić information content (AvgIpc) is 3.08. The maximum atomic E-state index is 5.38. The van der Waals surface area contributed by atoms with E-state index in [1.165, 1.54) is 0 Å². The fourth-order valence-corrected chi connectivity index (χ4v) is 2.97. The minimum atomic E-state index is 0.549. The van der Waals surface area contributed by atoms with E-state index in [2.05, 4.69) is 25.5 Å². The Morgan fingerprint density at radius 3 is 3.05 bits per heavy atom. The van der Waals surface area contributed by atoms with Crippen LogP contribution in [0.5, 0.6) is 0 Å². The zero-order valence-corrected chi connectivity index (χ0v) is 12.2. The first-order chi connectivity index (χ1) is 10.3. The molecule has 4 heterocycles. The highest BCUT2D eigenvalue weighted by atomic mass is 16.5. The number of nitrogens with one attached hydrogen (secondary N) is 1. The van der Waals surface area contributed by atoms with Gasteiger partial charge in [0.1, 0.15) is 5.82 Å². The summed E-state index contributed by atoms with van der Waals surface area (Å²) in [6.45, 7) is 6.86. The van der Waals surface area contributed by atoms with Gasteiger partial charge in [0.25, 0.3) is 0 Å². The normalized spacial score (nSPS) is 22.9. The van der Waals surface area contributed by atoms with E-state index >= 15 is 0 Å². The monoisotopic (exact) mass is 288 g/mol. The lowest BCUT2D eigenvalue weighted by Crippen LogP contribution is -2.52. The second kappa shape index (κ2) is 5.23. The van der Waals surface area contributed by atoms with E-state index in [1.54, 1.807) is 4.52 Å². The Kier molecular flexibility index (Phi) is 3.23. The molecule has 2 aliphatic heterocycles. The van der Waals surface area contributed by atoms with Crippen molar-refractivity contribution in [2.75, 3.05) is 37.7 Å². The van der Waals surface area contributed by atoms with E-state index < -0.39 is 0 Å². The summed E-state index contributed by atoms with van der Waals surface area (Å²) in [4.78, 5) is 2.30. The molecule has 1 unspecified atom stereocenters. The first kappa shape index (κ1) is 13.0. The molecule has 7 heteroatoms. The number of rotatable bonds is 4. The molecule has 1 N–H and O–H groups in total. The van der Waals surface area contributed by atoms with Crippen molar-refractivity contribution in [2.24, 2.45) is 5.92 Å². The molecule has 2 fully saturated rings. The van der Waals surface area contributed by atoms with Crippen LogP contribution < -0.4 is 10.2 Å². The summed E-state index contributed by atoms with van der Waals surface area (Å²) in [5.74, 6) is 2.53. The number of aryl methyl sites for hydroxylation is 1. The van der Waals surface area contributed by atoms with Crippen LogP contribution >= 0.6 is 0 Å². The Bertz CT molecular complexity index is 629. The Hall–Kier alpha value is -1.73. The third-order valence-electron chi connectivity index (χ3n) is 4.31. The number of aromatic nitrogens is 4. The maximum Gasteiger partial charge on any atom is 0.178 e. The molecule has 4 rings (SSSR count). The van der Waals surface area contributed by atoms with Crippen molar-refractivity contribution in [2.45, 2.75) is 19.4 Å². The highest BCUT2D eigenvalue weighted by Crippen LogP contribution is 2.22. The summed E-state index contributed by atoms with van der Waals surface area (Å²) in [6.07, 6.45) is 1.14. The van der Waals surface area contributed by atoms with Crippen LogP contribution in [0.4, 0.5) is 5.82 Å². The van der Waals surface area contributed by atoms with Crippen LogP contribution in [0.2, 0.25) is 0 Å². The summed E-state index contributed by atoms with van der Waals surface area (Å²) in [5.41, 5.74) is 0.802. The van der Waals surface area contributed by atoms with E-state index in [0.29, 0.717) is 12.0 Å². The van der Waals surface area contributed by atoms with Gasteiger partial charge in [0.05, 0.1) is 6.61 Å². The molecular formula is C14H20N6O. The predicted octanol–water partition coefficient (Wildman–Crippen LogP) is 0.247. The summed E-state index contributed by atoms with van der Waals surface area (Å²) in [5, 5.41) is 16.3. The molecule has 112 valence electrons. The first-order valence-electron chi connectivity index (χ1n) is 7.55. The first-order valence-corrected chi connectivity index (χ1v) is 7.55. The van der Waals surface area contributed by atoms with Gasteiger partial charge in [-0.25, -0.2) is 0 Å². The molecule has 2 saturated heterocycles. The summed E-state index contributed by atoms with van der Waals surface area (Å²) in [7, 11) is 0. The van der Waals surface area contributed by atoms with Crippen LogP contribution in [0.3, 0.4) is 0 Å². The summed E-state index contributed by atoms with van der Waals surface area (Å²) >= 11 is 0. The van der Waals surface area contributed by atoms with Crippen LogP contribution in [0.1, 0.15) is 12.2 Å². The smallest absolute Gasteiger partial charge is 0.178 e. The van der Waals surface area contributed by atoms with Crippen molar-refractivity contribution in [3.8, 4) is 0 Å². The van der Waals surface area contributed by atoms with Gasteiger partial charge in [0, 0.05) is 38.2 Å². The molecule has 0 saturated carbocycles. The SMILES string of the molecule is Cc1nnc2ccc(N3CC(CNC4CCOC4)C3)nn12. The molecule has 7 nitrogen and oxygen atoms in total. The number of hydrogen-bond acceptors (Lipinski definition) is 6. The number of ether oxygens (including phenoxy) is 1. The molecule has 0 aliphatic carbocycles. The van der Waals surface area contributed by atoms with Gasteiger partial charge in [-0.2, -0.15) is 4.52 Å². The second-order valence-electron chi connectivity index (χ2n) is 5.95. The van der Waals surface area contributed by atoms with Crippen LogP contribution in [0.15, 0.2) is 12.1 Å². The van der Waals surface area contributed by atoms with Crippen LogP contribution in [0.25, 0.3) is 5.65 Å². The third-order valence-corrected chi connectivity index (χ3v) is 4.31. The van der Waals surface area contributed by atoms with Gasteiger partial charge in [0.15, 0.2) is 11.5 Å². The van der Waals surface area contributed by atoms with Crippen molar-refractivity contribution in [1.29, 1.82) is 0 Å². The maximum absolute atomic E-state index is 5.38. The Morgan fingerprint density at radius 1 is 1.33 bits per heavy atom. The minimum Gasteiger partial charge on any atom is -0.380 e. The van der Waals surface area contributed by atoms with E-state index in [4.69, 9.17) is 4.74 Å². The number of nitrogens with zero attached hydrogens (tertiary/aromatic N) is 5. The van der Waals surface area contributed by atoms with Crippen molar-refractivity contribution >= 4 is 11.5 Å². The zero-order valence-electron chi connectivity index (χ0n) is 12.2. The Morgan fingerprint density at radius 2 is 2.24 bits per heavy atom. The van der Waals surface area contributed by atoms with Crippen molar-refractivity contribution in [3.63, 3.8) is 0 Å². The molecule has 0 bridgehead atoms. The van der Waals surface area contributed by atoms with E-state index in [1.807, 2.05) is 19.1 Å². The second-order valence-corrected chi connectivity index (χ2v) is 5.95. The molecule has 2 aliphatic rings. The number of anilines is 1. The van der Waals surface area contributed by atoms with E-state index in [9.17, 15) is 0 Å². The van der Waals surface area contributed by atoms with Gasteiger partial charge < -0.3 is 15.0 Å². The van der Waals surface area contributed by atoms with E-state index in [0.717, 1.165) is 56.6 Å². The quantitative estimate of drug-likeness (QED) is 0.870. The lowest BCUT2D eigenvalue weighted by Gasteiger charge is -2.40. The van der Waals surface area contributed by atoms with Crippen molar-refractivity contribution in [1.82, 2.24) is 25.1 Å². The standard InChI is InChI=1S/C14H20N6O/c1-10-16-17-13-2-3-14(18-20(10)13)19-7-11(8-19)6-15-12-4-5-21-9-12/h2-3,11-12,15H,4-9H2,1H3. The largest absolute Gasteiger partial charge is 0.380 e. The highest BCUT2D eigenvalue weighted by Gasteiger charge is 2.29. The summed E-state index contributed by atoms with van der Waals surface area (Å²) < 4.78 is 7.18. The fourth-order valence-electron chi connectivity index (χ4n) is 2.97. The van der Waals surface area contributed by atoms with Gasteiger partial charge in [-0.05, 0) is 25.5 Å². The molecule has 2 aromatic heterocycles. The van der Waals surface area contributed by atoms with Gasteiger partial charge in [-0.15, -0.1) is 15.3 Å². The van der Waals surface area contributed by atoms with Gasteiger partial charge in [-0.1, -0.05) is 0 Å². The van der Waals surface area contributed by atoms with Crippen LogP contribution in [0, 0.1) is 12.8 Å². The molecule has 2 aromatic rings. The fraction of sp³-hybridized carbons (Fsp3) is 0.643. The predicted molar refractivity (Wildman–Crippen MR) is 78.4 cm³/mol. The lowest BCUT2D eigenvalue weighted by atomic mass is 10.00. The highest BCUT2D eigenvalue weighted by molar-refractivity contribution is 5.47. The molecule has 21 heavy (non-hydrogen) atoms. The Labute approximate surface area is 123 Å². The number of fused-ring (bicyclic) bond motifs is 1. The molecular weight excluding hydrogens is 268 g/mol.